The van der Waals surface area contributed by atoms with E-state index < -0.39 is 0 Å². The van der Waals surface area contributed by atoms with E-state index in [1.54, 1.807) is 6.07 Å². The van der Waals surface area contributed by atoms with Crippen LogP contribution in [0, 0.1) is 0 Å². The van der Waals surface area contributed by atoms with Gasteiger partial charge in [0.1, 0.15) is 5.75 Å². The van der Waals surface area contributed by atoms with E-state index in [-0.39, 0.29) is 0 Å². The number of benzene rings is 1. The van der Waals surface area contributed by atoms with Crippen LogP contribution in [-0.2, 0) is 13.0 Å². The van der Waals surface area contributed by atoms with Gasteiger partial charge in [0.15, 0.2) is 0 Å². The minimum atomic E-state index is 0.370. The van der Waals surface area contributed by atoms with E-state index in [1.165, 1.54) is 17.5 Å². The Hall–Kier alpha value is -1.02. The molecule has 1 aliphatic rings. The molecule has 0 amide bonds. The summed E-state index contributed by atoms with van der Waals surface area (Å²) in [5.41, 5.74) is 2.61. The Kier molecular flexibility index (Phi) is 2.23. The van der Waals surface area contributed by atoms with Gasteiger partial charge in [0, 0.05) is 12.6 Å². The number of phenols is 1. The van der Waals surface area contributed by atoms with Gasteiger partial charge in [-0.05, 0) is 43.0 Å². The van der Waals surface area contributed by atoms with Crippen LogP contribution in [0.4, 0.5) is 0 Å². The van der Waals surface area contributed by atoms with Crippen molar-refractivity contribution < 1.29 is 5.11 Å². The highest BCUT2D eigenvalue weighted by Crippen LogP contribution is 2.20. The fourth-order valence-electron chi connectivity index (χ4n) is 1.78. The van der Waals surface area contributed by atoms with Gasteiger partial charge in [-0.2, -0.15) is 0 Å². The Morgan fingerprint density at radius 1 is 1.38 bits per heavy atom. The lowest BCUT2D eigenvalue weighted by Gasteiger charge is -2.07. The minimum absolute atomic E-state index is 0.370. The summed E-state index contributed by atoms with van der Waals surface area (Å²) >= 11 is 0. The summed E-state index contributed by atoms with van der Waals surface area (Å²) in [5.74, 6) is 0.370. The number of rotatable bonds is 0. The summed E-state index contributed by atoms with van der Waals surface area (Å²) in [7, 11) is 0. The first-order valence-corrected chi connectivity index (χ1v) is 4.80. The molecule has 0 saturated carbocycles. The highest BCUT2D eigenvalue weighted by molar-refractivity contribution is 5.35. The van der Waals surface area contributed by atoms with E-state index in [2.05, 4.69) is 12.2 Å². The van der Waals surface area contributed by atoms with Crippen molar-refractivity contribution in [3.05, 3.63) is 29.3 Å². The topological polar surface area (TPSA) is 32.3 Å². The third kappa shape index (κ3) is 1.83. The van der Waals surface area contributed by atoms with E-state index in [4.69, 9.17) is 0 Å². The summed E-state index contributed by atoms with van der Waals surface area (Å²) in [4.78, 5) is 0. The van der Waals surface area contributed by atoms with Crippen LogP contribution in [0.25, 0.3) is 0 Å². The molecular weight excluding hydrogens is 162 g/mol. The minimum Gasteiger partial charge on any atom is -0.508 e. The maximum absolute atomic E-state index is 9.32. The molecule has 2 N–H and O–H groups in total. The molecule has 0 spiro atoms. The Bertz CT molecular complexity index is 309. The summed E-state index contributed by atoms with van der Waals surface area (Å²) in [6.45, 7) is 3.08. The van der Waals surface area contributed by atoms with Gasteiger partial charge >= 0.3 is 0 Å². The number of nitrogens with one attached hydrogen (secondary N) is 1. The maximum Gasteiger partial charge on any atom is 0.115 e. The molecule has 2 nitrogen and oxygen atoms in total. The third-order valence-electron chi connectivity index (χ3n) is 2.68. The van der Waals surface area contributed by atoms with E-state index >= 15 is 0 Å². The fraction of sp³-hybridized carbons (Fsp3) is 0.455. The molecule has 1 aromatic rings. The Morgan fingerprint density at radius 3 is 3.08 bits per heavy atom. The summed E-state index contributed by atoms with van der Waals surface area (Å²) in [5, 5.41) is 12.7. The van der Waals surface area contributed by atoms with Crippen molar-refractivity contribution in [3.8, 4) is 5.75 Å². The van der Waals surface area contributed by atoms with Crippen molar-refractivity contribution in [1.29, 1.82) is 0 Å². The fourth-order valence-corrected chi connectivity index (χ4v) is 1.78. The molecule has 0 aliphatic carbocycles. The van der Waals surface area contributed by atoms with Crippen LogP contribution < -0.4 is 5.32 Å². The first-order valence-electron chi connectivity index (χ1n) is 4.80. The maximum atomic E-state index is 9.32. The molecule has 0 fully saturated rings. The molecule has 0 bridgehead atoms. The largest absolute Gasteiger partial charge is 0.508 e. The van der Waals surface area contributed by atoms with Gasteiger partial charge in [-0.3, -0.25) is 0 Å². The molecule has 1 heterocycles. The number of aryl methyl sites for hydroxylation is 1. The van der Waals surface area contributed by atoms with Crippen LogP contribution >= 0.6 is 0 Å². The number of hydrogen-bond donors (Lipinski definition) is 2. The summed E-state index contributed by atoms with van der Waals surface area (Å²) in [6.07, 6.45) is 2.29. The third-order valence-corrected chi connectivity index (χ3v) is 2.68. The average Bonchev–Trinajstić information content (AvgIpc) is 2.29. The Morgan fingerprint density at radius 2 is 2.23 bits per heavy atom. The second-order valence-corrected chi connectivity index (χ2v) is 3.77. The molecule has 1 atom stereocenters. The van der Waals surface area contributed by atoms with E-state index in [9.17, 15) is 5.11 Å². The van der Waals surface area contributed by atoms with Gasteiger partial charge in [0.2, 0.25) is 0 Å². The Balaban J connectivity index is 2.30. The van der Waals surface area contributed by atoms with Crippen molar-refractivity contribution in [3.63, 3.8) is 0 Å². The molecular formula is C11H15NO. The zero-order valence-corrected chi connectivity index (χ0v) is 7.88. The number of phenolic OH excluding ortho intramolecular Hbond substituents is 1. The smallest absolute Gasteiger partial charge is 0.115 e. The van der Waals surface area contributed by atoms with Crippen molar-refractivity contribution in [1.82, 2.24) is 5.32 Å². The summed E-state index contributed by atoms with van der Waals surface area (Å²) < 4.78 is 0. The van der Waals surface area contributed by atoms with Crippen molar-refractivity contribution in [2.45, 2.75) is 32.4 Å². The molecule has 0 aromatic heterocycles. The van der Waals surface area contributed by atoms with Gasteiger partial charge in [0.05, 0.1) is 0 Å². The standard InChI is InChI=1S/C11H15NO/c1-8-2-3-9-4-5-11(13)6-10(9)7-12-8/h4-6,8,12-13H,2-3,7H2,1H3. The SMILES string of the molecule is CC1CCc2ccc(O)cc2CN1. The first-order chi connectivity index (χ1) is 6.25. The zero-order chi connectivity index (χ0) is 9.26. The normalized spacial score (nSPS) is 22.1. The van der Waals surface area contributed by atoms with Crippen molar-refractivity contribution in [2.75, 3.05) is 0 Å². The number of fused-ring (bicyclic) bond motifs is 1. The molecule has 1 aromatic carbocycles. The van der Waals surface area contributed by atoms with Gasteiger partial charge in [-0.25, -0.2) is 0 Å². The first kappa shape index (κ1) is 8.57. The second kappa shape index (κ2) is 3.38. The van der Waals surface area contributed by atoms with Crippen LogP contribution in [0.3, 0.4) is 0 Å². The van der Waals surface area contributed by atoms with Gasteiger partial charge < -0.3 is 10.4 Å². The van der Waals surface area contributed by atoms with E-state index in [0.29, 0.717) is 11.8 Å². The molecule has 0 radical (unpaired) electrons. The van der Waals surface area contributed by atoms with E-state index in [0.717, 1.165) is 13.0 Å². The second-order valence-electron chi connectivity index (χ2n) is 3.77. The van der Waals surface area contributed by atoms with Crippen LogP contribution in [0.5, 0.6) is 5.75 Å². The lowest BCUT2D eigenvalue weighted by molar-refractivity contribution is 0.473. The van der Waals surface area contributed by atoms with Crippen LogP contribution in [0.1, 0.15) is 24.5 Å². The van der Waals surface area contributed by atoms with Gasteiger partial charge in [-0.15, -0.1) is 0 Å². The molecule has 70 valence electrons. The number of hydrogen-bond acceptors (Lipinski definition) is 2. The van der Waals surface area contributed by atoms with Gasteiger partial charge in [-0.1, -0.05) is 6.07 Å². The lowest BCUT2D eigenvalue weighted by Crippen LogP contribution is -2.23. The van der Waals surface area contributed by atoms with Gasteiger partial charge in [0.25, 0.3) is 0 Å². The molecule has 2 rings (SSSR count). The lowest BCUT2D eigenvalue weighted by atomic mass is 10.0. The average molecular weight is 177 g/mol. The Labute approximate surface area is 78.6 Å². The molecule has 13 heavy (non-hydrogen) atoms. The van der Waals surface area contributed by atoms with Crippen molar-refractivity contribution >= 4 is 0 Å². The molecule has 1 aliphatic heterocycles. The van der Waals surface area contributed by atoms with Crippen LogP contribution in [0.15, 0.2) is 18.2 Å². The predicted molar refractivity (Wildman–Crippen MR) is 52.7 cm³/mol. The highest BCUT2D eigenvalue weighted by atomic mass is 16.3. The van der Waals surface area contributed by atoms with Crippen molar-refractivity contribution in [2.24, 2.45) is 0 Å². The summed E-state index contributed by atoms with van der Waals surface area (Å²) in [6, 6.07) is 6.24. The van der Waals surface area contributed by atoms with E-state index in [1.807, 2.05) is 12.1 Å². The zero-order valence-electron chi connectivity index (χ0n) is 7.88. The molecule has 0 saturated heterocycles. The highest BCUT2D eigenvalue weighted by Gasteiger charge is 2.11. The monoisotopic (exact) mass is 177 g/mol. The molecule has 2 heteroatoms. The van der Waals surface area contributed by atoms with Crippen LogP contribution in [0.2, 0.25) is 0 Å². The predicted octanol–water partition coefficient (Wildman–Crippen LogP) is 1.82. The quantitative estimate of drug-likeness (QED) is 0.633. The molecule has 1 unspecified atom stereocenters. The number of aromatic hydroxyl groups is 1. The van der Waals surface area contributed by atoms with Crippen LogP contribution in [-0.4, -0.2) is 11.1 Å².